The van der Waals surface area contributed by atoms with E-state index in [-0.39, 0.29) is 0 Å². The zero-order chi connectivity index (χ0) is 10.1. The minimum atomic E-state index is 0.964. The molecule has 1 heterocycles. The molecule has 0 saturated heterocycles. The molecule has 2 aromatic rings. The Morgan fingerprint density at radius 2 is 2.14 bits per heavy atom. The van der Waals surface area contributed by atoms with E-state index in [1.807, 2.05) is 11.3 Å². The van der Waals surface area contributed by atoms with Gasteiger partial charge in [0.25, 0.3) is 0 Å². The molecule has 2 rings (SSSR count). The maximum Gasteiger partial charge on any atom is 0.0377 e. The summed E-state index contributed by atoms with van der Waals surface area (Å²) in [7, 11) is 0. The molecule has 0 fully saturated rings. The van der Waals surface area contributed by atoms with Crippen LogP contribution in [0.4, 0.5) is 0 Å². The van der Waals surface area contributed by atoms with E-state index < -0.39 is 0 Å². The van der Waals surface area contributed by atoms with E-state index in [9.17, 15) is 0 Å². The highest BCUT2D eigenvalue weighted by Crippen LogP contribution is 2.31. The van der Waals surface area contributed by atoms with Gasteiger partial charge in [0, 0.05) is 18.5 Å². The summed E-state index contributed by atoms with van der Waals surface area (Å²) < 4.78 is 2.76. The number of fused-ring (bicyclic) bond motifs is 1. The zero-order valence-corrected chi connectivity index (χ0v) is 12.4. The highest BCUT2D eigenvalue weighted by Gasteiger charge is 2.05. The number of thiophene rings is 1. The molecule has 0 aliphatic carbocycles. The SMILES string of the molecule is CCc1cc(I)cc2sc(CBr)cc12. The summed E-state index contributed by atoms with van der Waals surface area (Å²) in [6.07, 6.45) is 1.12. The molecule has 0 aliphatic rings. The number of hydrogen-bond acceptors (Lipinski definition) is 1. The van der Waals surface area contributed by atoms with E-state index in [0.29, 0.717) is 0 Å². The Morgan fingerprint density at radius 1 is 1.36 bits per heavy atom. The number of halogens is 2. The monoisotopic (exact) mass is 380 g/mol. The third kappa shape index (κ3) is 1.99. The van der Waals surface area contributed by atoms with Gasteiger partial charge < -0.3 is 0 Å². The number of benzene rings is 1. The number of alkyl halides is 1. The second kappa shape index (κ2) is 4.49. The summed E-state index contributed by atoms with van der Waals surface area (Å²) in [5.74, 6) is 0. The molecule has 0 aliphatic heterocycles. The first-order valence-electron chi connectivity index (χ1n) is 4.51. The summed E-state index contributed by atoms with van der Waals surface area (Å²) >= 11 is 7.79. The Kier molecular flexibility index (Phi) is 3.50. The zero-order valence-electron chi connectivity index (χ0n) is 7.81. The van der Waals surface area contributed by atoms with Crippen molar-refractivity contribution >= 4 is 59.9 Å². The van der Waals surface area contributed by atoms with E-state index in [4.69, 9.17) is 0 Å². The standard InChI is InChI=1S/C11H10BrIS/c1-2-7-3-8(13)4-11-10(7)5-9(6-12)14-11/h3-5H,2,6H2,1H3. The van der Waals surface area contributed by atoms with Crippen LogP contribution in [0.2, 0.25) is 0 Å². The first kappa shape index (κ1) is 10.9. The third-order valence-corrected chi connectivity index (χ3v) is 4.93. The Labute approximate surface area is 110 Å². The lowest BCUT2D eigenvalue weighted by molar-refractivity contribution is 1.16. The molecule has 0 nitrogen and oxygen atoms in total. The second-order valence-electron chi connectivity index (χ2n) is 3.18. The minimum absolute atomic E-state index is 0.964. The molecule has 0 amide bonds. The van der Waals surface area contributed by atoms with Gasteiger partial charge in [-0.05, 0) is 58.2 Å². The average molecular weight is 381 g/mol. The van der Waals surface area contributed by atoms with Crippen LogP contribution in [0.15, 0.2) is 18.2 Å². The molecule has 0 radical (unpaired) electrons. The lowest BCUT2D eigenvalue weighted by Crippen LogP contribution is -1.82. The van der Waals surface area contributed by atoms with Gasteiger partial charge in [0.2, 0.25) is 0 Å². The van der Waals surface area contributed by atoms with Crippen LogP contribution >= 0.6 is 49.9 Å². The largest absolute Gasteiger partial charge is 0.139 e. The van der Waals surface area contributed by atoms with Crippen molar-refractivity contribution in [2.24, 2.45) is 0 Å². The highest BCUT2D eigenvalue weighted by molar-refractivity contribution is 14.1. The van der Waals surface area contributed by atoms with E-state index in [2.05, 4.69) is 63.6 Å². The van der Waals surface area contributed by atoms with Crippen molar-refractivity contribution in [2.75, 3.05) is 0 Å². The van der Waals surface area contributed by atoms with Gasteiger partial charge in [0.1, 0.15) is 0 Å². The maximum atomic E-state index is 3.51. The Bertz CT molecular complexity index is 462. The van der Waals surface area contributed by atoms with Crippen LogP contribution in [-0.2, 0) is 11.8 Å². The van der Waals surface area contributed by atoms with Crippen LogP contribution in [0.3, 0.4) is 0 Å². The van der Waals surface area contributed by atoms with Crippen LogP contribution in [-0.4, -0.2) is 0 Å². The fourth-order valence-corrected chi connectivity index (χ4v) is 3.99. The van der Waals surface area contributed by atoms with Gasteiger partial charge in [-0.15, -0.1) is 11.3 Å². The van der Waals surface area contributed by atoms with Gasteiger partial charge in [0.15, 0.2) is 0 Å². The average Bonchev–Trinajstić information content (AvgIpc) is 2.59. The van der Waals surface area contributed by atoms with E-state index in [1.165, 1.54) is 24.1 Å². The first-order valence-corrected chi connectivity index (χ1v) is 7.53. The minimum Gasteiger partial charge on any atom is -0.139 e. The van der Waals surface area contributed by atoms with E-state index in [1.54, 1.807) is 0 Å². The lowest BCUT2D eigenvalue weighted by atomic mass is 10.1. The van der Waals surface area contributed by atoms with Crippen molar-refractivity contribution in [3.63, 3.8) is 0 Å². The van der Waals surface area contributed by atoms with Gasteiger partial charge in [-0.1, -0.05) is 22.9 Å². The van der Waals surface area contributed by atoms with Gasteiger partial charge >= 0.3 is 0 Å². The molecular weight excluding hydrogens is 371 g/mol. The molecular formula is C11H10BrIS. The van der Waals surface area contributed by atoms with Crippen molar-refractivity contribution in [3.05, 3.63) is 32.2 Å². The van der Waals surface area contributed by atoms with Crippen molar-refractivity contribution in [3.8, 4) is 0 Å². The van der Waals surface area contributed by atoms with E-state index in [0.717, 1.165) is 11.8 Å². The maximum absolute atomic E-state index is 3.51. The van der Waals surface area contributed by atoms with Gasteiger partial charge in [-0.2, -0.15) is 0 Å². The van der Waals surface area contributed by atoms with Gasteiger partial charge in [0.05, 0.1) is 0 Å². The Hall–Kier alpha value is 0.390. The topological polar surface area (TPSA) is 0 Å². The molecule has 14 heavy (non-hydrogen) atoms. The van der Waals surface area contributed by atoms with Crippen LogP contribution in [0.5, 0.6) is 0 Å². The molecule has 1 aromatic carbocycles. The summed E-state index contributed by atoms with van der Waals surface area (Å²) in [5.41, 5.74) is 1.47. The molecule has 0 bridgehead atoms. The van der Waals surface area contributed by atoms with Crippen LogP contribution in [0.1, 0.15) is 17.4 Å². The fourth-order valence-electron chi connectivity index (χ4n) is 1.59. The fraction of sp³-hybridized carbons (Fsp3) is 0.273. The van der Waals surface area contributed by atoms with Gasteiger partial charge in [-0.3, -0.25) is 0 Å². The summed E-state index contributed by atoms with van der Waals surface area (Å²) in [6.45, 7) is 2.22. The van der Waals surface area contributed by atoms with Crippen LogP contribution in [0.25, 0.3) is 10.1 Å². The Balaban J connectivity index is 2.71. The smallest absolute Gasteiger partial charge is 0.0377 e. The number of rotatable bonds is 2. The predicted molar refractivity (Wildman–Crippen MR) is 76.6 cm³/mol. The quantitative estimate of drug-likeness (QED) is 0.510. The van der Waals surface area contributed by atoms with Gasteiger partial charge in [-0.25, -0.2) is 0 Å². The van der Waals surface area contributed by atoms with E-state index >= 15 is 0 Å². The van der Waals surface area contributed by atoms with Crippen LogP contribution in [0, 0.1) is 3.57 Å². The number of aryl methyl sites for hydroxylation is 1. The third-order valence-electron chi connectivity index (χ3n) is 2.25. The molecule has 1 aromatic heterocycles. The Morgan fingerprint density at radius 3 is 2.79 bits per heavy atom. The number of hydrogen-bond donors (Lipinski definition) is 0. The second-order valence-corrected chi connectivity index (χ2v) is 6.15. The molecule has 0 saturated carbocycles. The lowest BCUT2D eigenvalue weighted by Gasteiger charge is -1.99. The van der Waals surface area contributed by atoms with Crippen LogP contribution < -0.4 is 0 Å². The summed E-state index contributed by atoms with van der Waals surface area (Å²) in [4.78, 5) is 1.41. The summed E-state index contributed by atoms with van der Waals surface area (Å²) in [5, 5.41) is 2.40. The highest BCUT2D eigenvalue weighted by atomic mass is 127. The molecule has 0 atom stereocenters. The molecule has 3 heteroatoms. The normalized spacial score (nSPS) is 11.1. The molecule has 0 spiro atoms. The molecule has 74 valence electrons. The summed E-state index contributed by atoms with van der Waals surface area (Å²) in [6, 6.07) is 6.86. The van der Waals surface area contributed by atoms with Crippen molar-refractivity contribution in [2.45, 2.75) is 18.7 Å². The first-order chi connectivity index (χ1) is 6.74. The van der Waals surface area contributed by atoms with Crippen molar-refractivity contribution in [1.82, 2.24) is 0 Å². The molecule has 0 N–H and O–H groups in total. The predicted octanol–water partition coefficient (Wildman–Crippen LogP) is 4.96. The molecule has 0 unspecified atom stereocenters. The van der Waals surface area contributed by atoms with Crippen molar-refractivity contribution in [1.29, 1.82) is 0 Å². The van der Waals surface area contributed by atoms with Crippen molar-refractivity contribution < 1.29 is 0 Å².